The molecule has 0 bridgehead atoms. The molecule has 0 atom stereocenters. The SMILES string of the molecule is Cc1ccc(C(=O)N(C)CC(=O)Nc2cccc(C)c2C)cc1NC(=O)c1ccccc1. The third kappa shape index (κ3) is 5.40. The Morgan fingerprint density at radius 2 is 1.47 bits per heavy atom. The highest BCUT2D eigenvalue weighted by atomic mass is 16.2. The van der Waals surface area contributed by atoms with Crippen LogP contribution in [-0.2, 0) is 4.79 Å². The normalized spacial score (nSPS) is 10.4. The minimum Gasteiger partial charge on any atom is -0.332 e. The van der Waals surface area contributed by atoms with Gasteiger partial charge in [0.05, 0.1) is 6.54 Å². The van der Waals surface area contributed by atoms with Crippen LogP contribution in [0.25, 0.3) is 0 Å². The molecule has 3 rings (SSSR count). The smallest absolute Gasteiger partial charge is 0.255 e. The van der Waals surface area contributed by atoms with Gasteiger partial charge in [-0.1, -0.05) is 36.4 Å². The van der Waals surface area contributed by atoms with Crippen molar-refractivity contribution < 1.29 is 14.4 Å². The number of rotatable bonds is 6. The average molecular weight is 430 g/mol. The summed E-state index contributed by atoms with van der Waals surface area (Å²) in [7, 11) is 1.58. The number of hydrogen-bond acceptors (Lipinski definition) is 3. The summed E-state index contributed by atoms with van der Waals surface area (Å²) in [6, 6.07) is 19.7. The van der Waals surface area contributed by atoms with E-state index in [1.54, 1.807) is 49.5 Å². The first kappa shape index (κ1) is 22.7. The molecule has 0 saturated heterocycles. The molecule has 6 nitrogen and oxygen atoms in total. The van der Waals surface area contributed by atoms with Gasteiger partial charge in [0.2, 0.25) is 5.91 Å². The van der Waals surface area contributed by atoms with Gasteiger partial charge in [-0.05, 0) is 67.8 Å². The predicted octanol–water partition coefficient (Wildman–Crippen LogP) is 4.57. The number of hydrogen-bond donors (Lipinski definition) is 2. The molecule has 3 amide bonds. The van der Waals surface area contributed by atoms with Crippen molar-refractivity contribution in [2.45, 2.75) is 20.8 Å². The summed E-state index contributed by atoms with van der Waals surface area (Å²) in [6.45, 7) is 5.69. The van der Waals surface area contributed by atoms with Crippen molar-refractivity contribution >= 4 is 29.1 Å². The molecule has 0 saturated carbocycles. The summed E-state index contributed by atoms with van der Waals surface area (Å²) >= 11 is 0. The van der Waals surface area contributed by atoms with E-state index in [0.29, 0.717) is 16.8 Å². The summed E-state index contributed by atoms with van der Waals surface area (Å²) in [4.78, 5) is 39.2. The Balaban J connectivity index is 1.68. The largest absolute Gasteiger partial charge is 0.332 e. The van der Waals surface area contributed by atoms with Crippen molar-refractivity contribution in [1.82, 2.24) is 4.90 Å². The first-order valence-corrected chi connectivity index (χ1v) is 10.3. The van der Waals surface area contributed by atoms with E-state index in [-0.39, 0.29) is 24.3 Å². The van der Waals surface area contributed by atoms with Gasteiger partial charge < -0.3 is 15.5 Å². The second-order valence-electron chi connectivity index (χ2n) is 7.81. The van der Waals surface area contributed by atoms with Crippen LogP contribution in [0.15, 0.2) is 66.7 Å². The number of aryl methyl sites for hydroxylation is 2. The van der Waals surface area contributed by atoms with E-state index in [2.05, 4.69) is 10.6 Å². The molecular formula is C26H27N3O3. The van der Waals surface area contributed by atoms with E-state index in [4.69, 9.17) is 0 Å². The van der Waals surface area contributed by atoms with Crippen molar-refractivity contribution in [1.29, 1.82) is 0 Å². The number of nitrogens with one attached hydrogen (secondary N) is 2. The molecule has 0 unspecified atom stereocenters. The lowest BCUT2D eigenvalue weighted by molar-refractivity contribution is -0.116. The van der Waals surface area contributed by atoms with Gasteiger partial charge in [0.25, 0.3) is 11.8 Å². The Morgan fingerprint density at radius 1 is 0.750 bits per heavy atom. The second-order valence-corrected chi connectivity index (χ2v) is 7.81. The van der Waals surface area contributed by atoms with Crippen LogP contribution in [0.2, 0.25) is 0 Å². The number of anilines is 2. The molecule has 0 aliphatic heterocycles. The molecular weight excluding hydrogens is 402 g/mol. The zero-order valence-electron chi connectivity index (χ0n) is 18.7. The first-order valence-electron chi connectivity index (χ1n) is 10.3. The Morgan fingerprint density at radius 3 is 2.19 bits per heavy atom. The topological polar surface area (TPSA) is 78.5 Å². The number of benzene rings is 3. The van der Waals surface area contributed by atoms with Crippen LogP contribution in [0, 0.1) is 20.8 Å². The minimum absolute atomic E-state index is 0.0915. The van der Waals surface area contributed by atoms with Crippen LogP contribution in [0.1, 0.15) is 37.4 Å². The maximum atomic E-state index is 12.9. The molecule has 0 fully saturated rings. The van der Waals surface area contributed by atoms with Gasteiger partial charge in [0.1, 0.15) is 0 Å². The third-order valence-corrected chi connectivity index (χ3v) is 5.37. The quantitative estimate of drug-likeness (QED) is 0.602. The van der Waals surface area contributed by atoms with E-state index >= 15 is 0 Å². The summed E-state index contributed by atoms with van der Waals surface area (Å²) in [5.41, 5.74) is 5.12. The monoisotopic (exact) mass is 429 g/mol. The molecule has 32 heavy (non-hydrogen) atoms. The summed E-state index contributed by atoms with van der Waals surface area (Å²) in [6.07, 6.45) is 0. The lowest BCUT2D eigenvalue weighted by Gasteiger charge is -2.19. The van der Waals surface area contributed by atoms with E-state index in [9.17, 15) is 14.4 Å². The highest BCUT2D eigenvalue weighted by Gasteiger charge is 2.17. The fourth-order valence-electron chi connectivity index (χ4n) is 3.26. The molecule has 164 valence electrons. The maximum Gasteiger partial charge on any atom is 0.255 e. The van der Waals surface area contributed by atoms with Gasteiger partial charge in [0.15, 0.2) is 0 Å². The zero-order chi connectivity index (χ0) is 23.3. The first-order chi connectivity index (χ1) is 15.3. The van der Waals surface area contributed by atoms with E-state index in [0.717, 1.165) is 22.4 Å². The third-order valence-electron chi connectivity index (χ3n) is 5.37. The zero-order valence-corrected chi connectivity index (χ0v) is 18.7. The highest BCUT2D eigenvalue weighted by molar-refractivity contribution is 6.06. The number of likely N-dealkylation sites (N-methyl/N-ethyl adjacent to an activating group) is 1. The summed E-state index contributed by atoms with van der Waals surface area (Å²) in [5, 5.41) is 5.72. The van der Waals surface area contributed by atoms with Gasteiger partial charge in [-0.25, -0.2) is 0 Å². The number of carbonyl (C=O) groups excluding carboxylic acids is 3. The van der Waals surface area contributed by atoms with Crippen LogP contribution in [-0.4, -0.2) is 36.2 Å². The number of nitrogens with zero attached hydrogens (tertiary/aromatic N) is 1. The summed E-state index contributed by atoms with van der Waals surface area (Å²) in [5.74, 6) is -0.838. The second kappa shape index (κ2) is 9.92. The Bertz CT molecular complexity index is 1160. The fourth-order valence-corrected chi connectivity index (χ4v) is 3.26. The van der Waals surface area contributed by atoms with Crippen molar-refractivity contribution in [3.05, 3.63) is 94.5 Å². The summed E-state index contributed by atoms with van der Waals surface area (Å²) < 4.78 is 0. The van der Waals surface area contributed by atoms with Crippen LogP contribution >= 0.6 is 0 Å². The standard InChI is InChI=1S/C26H27N3O3/c1-17-9-8-12-22(19(17)3)27-24(30)16-29(4)26(32)21-14-13-18(2)23(15-21)28-25(31)20-10-6-5-7-11-20/h5-15H,16H2,1-4H3,(H,27,30)(H,28,31). The van der Waals surface area contributed by atoms with E-state index in [1.165, 1.54) is 4.90 Å². The predicted molar refractivity (Wildman–Crippen MR) is 127 cm³/mol. The van der Waals surface area contributed by atoms with Crippen molar-refractivity contribution in [2.24, 2.45) is 0 Å². The van der Waals surface area contributed by atoms with Gasteiger partial charge in [0, 0.05) is 29.5 Å². The van der Waals surface area contributed by atoms with Crippen LogP contribution in [0.4, 0.5) is 11.4 Å². The van der Waals surface area contributed by atoms with Crippen LogP contribution in [0.3, 0.4) is 0 Å². The molecule has 3 aromatic carbocycles. The Labute approximate surface area is 188 Å². The Kier molecular flexibility index (Phi) is 7.05. The van der Waals surface area contributed by atoms with E-state index < -0.39 is 0 Å². The minimum atomic E-state index is -0.309. The fraction of sp³-hybridized carbons (Fsp3) is 0.192. The molecule has 0 spiro atoms. The van der Waals surface area contributed by atoms with Gasteiger partial charge in [-0.3, -0.25) is 14.4 Å². The lowest BCUT2D eigenvalue weighted by Crippen LogP contribution is -2.35. The van der Waals surface area contributed by atoms with Crippen LogP contribution in [0.5, 0.6) is 0 Å². The molecule has 2 N–H and O–H groups in total. The van der Waals surface area contributed by atoms with Crippen LogP contribution < -0.4 is 10.6 Å². The molecule has 0 radical (unpaired) electrons. The maximum absolute atomic E-state index is 12.9. The highest BCUT2D eigenvalue weighted by Crippen LogP contribution is 2.20. The van der Waals surface area contributed by atoms with Gasteiger partial charge in [-0.15, -0.1) is 0 Å². The lowest BCUT2D eigenvalue weighted by atomic mass is 10.1. The van der Waals surface area contributed by atoms with Gasteiger partial charge >= 0.3 is 0 Å². The Hall–Kier alpha value is -3.93. The van der Waals surface area contributed by atoms with E-state index in [1.807, 2.05) is 45.0 Å². The van der Waals surface area contributed by atoms with Crippen molar-refractivity contribution in [2.75, 3.05) is 24.2 Å². The molecule has 0 aliphatic carbocycles. The molecule has 0 aliphatic rings. The molecule has 0 aromatic heterocycles. The number of amides is 3. The van der Waals surface area contributed by atoms with Gasteiger partial charge in [-0.2, -0.15) is 0 Å². The average Bonchev–Trinajstić information content (AvgIpc) is 2.78. The van der Waals surface area contributed by atoms with Crippen molar-refractivity contribution in [3.8, 4) is 0 Å². The molecule has 0 heterocycles. The number of carbonyl (C=O) groups is 3. The molecule has 3 aromatic rings. The molecule has 6 heteroatoms. The van der Waals surface area contributed by atoms with Crippen molar-refractivity contribution in [3.63, 3.8) is 0 Å².